The summed E-state index contributed by atoms with van der Waals surface area (Å²) in [5.41, 5.74) is 6.61. The number of oxime groups is 1. The molecule has 0 radical (unpaired) electrons. The summed E-state index contributed by atoms with van der Waals surface area (Å²) in [6, 6.07) is 2.94. The Morgan fingerprint density at radius 2 is 2.10 bits per heavy atom. The van der Waals surface area contributed by atoms with E-state index in [1.165, 1.54) is 0 Å². The predicted octanol–water partition coefficient (Wildman–Crippen LogP) is 2.59. The lowest BCUT2D eigenvalue weighted by Gasteiger charge is -2.25. The van der Waals surface area contributed by atoms with Gasteiger partial charge in [0.15, 0.2) is 0 Å². The van der Waals surface area contributed by atoms with Crippen molar-refractivity contribution < 1.29 is 5.21 Å². The molecule has 0 aliphatic rings. The van der Waals surface area contributed by atoms with Crippen LogP contribution in [0, 0.1) is 0 Å². The maximum absolute atomic E-state index is 8.62. The highest BCUT2D eigenvalue weighted by Gasteiger charge is 2.14. The van der Waals surface area contributed by atoms with E-state index in [0.29, 0.717) is 18.5 Å². The van der Waals surface area contributed by atoms with E-state index in [1.54, 1.807) is 0 Å². The molecular formula is C15H29N5O. The molecule has 0 unspecified atom stereocenters. The van der Waals surface area contributed by atoms with Gasteiger partial charge < -0.3 is 10.9 Å². The van der Waals surface area contributed by atoms with Crippen LogP contribution in [0.3, 0.4) is 0 Å². The van der Waals surface area contributed by atoms with E-state index in [4.69, 9.17) is 10.9 Å². The number of aromatic nitrogens is 2. The minimum Gasteiger partial charge on any atom is -0.409 e. The highest BCUT2D eigenvalue weighted by atomic mass is 16.4. The fourth-order valence-electron chi connectivity index (χ4n) is 2.36. The number of nitrogens with two attached hydrogens (primary N) is 1. The molecule has 1 rings (SSSR count). The van der Waals surface area contributed by atoms with Crippen molar-refractivity contribution in [2.75, 3.05) is 6.54 Å². The normalized spacial score (nSPS) is 12.8. The number of nitrogens with zero attached hydrogens (tertiary/aromatic N) is 4. The van der Waals surface area contributed by atoms with Gasteiger partial charge in [-0.15, -0.1) is 0 Å². The van der Waals surface area contributed by atoms with Gasteiger partial charge in [0.2, 0.25) is 0 Å². The van der Waals surface area contributed by atoms with Crippen LogP contribution in [0.15, 0.2) is 17.4 Å². The van der Waals surface area contributed by atoms with Crippen LogP contribution in [0.5, 0.6) is 0 Å². The summed E-state index contributed by atoms with van der Waals surface area (Å²) >= 11 is 0. The van der Waals surface area contributed by atoms with Crippen molar-refractivity contribution >= 4 is 5.84 Å². The van der Waals surface area contributed by atoms with Gasteiger partial charge >= 0.3 is 0 Å². The van der Waals surface area contributed by atoms with Gasteiger partial charge in [0.1, 0.15) is 5.84 Å². The number of amidine groups is 1. The second-order valence-corrected chi connectivity index (χ2v) is 5.66. The summed E-state index contributed by atoms with van der Waals surface area (Å²) in [5, 5.41) is 16.3. The molecule has 0 aliphatic heterocycles. The summed E-state index contributed by atoms with van der Waals surface area (Å²) < 4.78 is 2.07. The van der Waals surface area contributed by atoms with E-state index in [9.17, 15) is 0 Å². The van der Waals surface area contributed by atoms with Gasteiger partial charge in [0.25, 0.3) is 0 Å². The fourth-order valence-corrected chi connectivity index (χ4v) is 2.36. The van der Waals surface area contributed by atoms with Crippen molar-refractivity contribution in [3.05, 3.63) is 18.0 Å². The molecule has 1 heterocycles. The van der Waals surface area contributed by atoms with Crippen LogP contribution in [0.1, 0.15) is 58.7 Å². The van der Waals surface area contributed by atoms with Crippen molar-refractivity contribution in [1.29, 1.82) is 0 Å². The summed E-state index contributed by atoms with van der Waals surface area (Å²) in [6.45, 7) is 10.2. The molecule has 0 aliphatic carbocycles. The van der Waals surface area contributed by atoms with E-state index in [2.05, 4.69) is 59.8 Å². The molecule has 1 aromatic heterocycles. The molecule has 21 heavy (non-hydrogen) atoms. The first-order chi connectivity index (χ1) is 10.0. The number of rotatable bonds is 9. The van der Waals surface area contributed by atoms with Crippen LogP contribution in [0.4, 0.5) is 0 Å². The Hall–Kier alpha value is -1.56. The molecule has 0 saturated carbocycles. The topological polar surface area (TPSA) is 79.7 Å². The largest absolute Gasteiger partial charge is 0.409 e. The van der Waals surface area contributed by atoms with E-state index in [1.807, 2.05) is 0 Å². The summed E-state index contributed by atoms with van der Waals surface area (Å²) in [7, 11) is 0. The number of hydrogen-bond donors (Lipinski definition) is 2. The van der Waals surface area contributed by atoms with Crippen molar-refractivity contribution in [1.82, 2.24) is 14.7 Å². The van der Waals surface area contributed by atoms with Gasteiger partial charge in [-0.25, -0.2) is 0 Å². The number of hydrogen-bond acceptors (Lipinski definition) is 4. The van der Waals surface area contributed by atoms with Crippen LogP contribution < -0.4 is 5.73 Å². The summed E-state index contributed by atoms with van der Waals surface area (Å²) in [6.07, 6.45) is 4.81. The lowest BCUT2D eigenvalue weighted by atomic mass is 10.2. The van der Waals surface area contributed by atoms with Crippen LogP contribution in [-0.2, 0) is 6.54 Å². The Kier molecular flexibility index (Phi) is 7.22. The Balaban J connectivity index is 2.67. The molecule has 0 fully saturated rings. The molecular weight excluding hydrogens is 266 g/mol. The van der Waals surface area contributed by atoms with Crippen molar-refractivity contribution in [2.45, 2.75) is 65.6 Å². The predicted molar refractivity (Wildman–Crippen MR) is 85.4 cm³/mol. The first-order valence-corrected chi connectivity index (χ1v) is 7.76. The minimum atomic E-state index is 0.267. The maximum Gasteiger partial charge on any atom is 0.140 e. The Morgan fingerprint density at radius 3 is 2.62 bits per heavy atom. The van der Waals surface area contributed by atoms with Crippen molar-refractivity contribution in [3.8, 4) is 0 Å². The van der Waals surface area contributed by atoms with E-state index in [-0.39, 0.29) is 5.84 Å². The summed E-state index contributed by atoms with van der Waals surface area (Å²) in [5.74, 6) is 0.267. The fraction of sp³-hybridized carbons (Fsp3) is 0.733. The van der Waals surface area contributed by atoms with Gasteiger partial charge in [-0.1, -0.05) is 19.0 Å². The highest BCUT2D eigenvalue weighted by Crippen LogP contribution is 2.15. The van der Waals surface area contributed by atoms with Gasteiger partial charge in [-0.2, -0.15) is 5.10 Å². The molecule has 0 saturated heterocycles. The Labute approximate surface area is 127 Å². The molecule has 0 aromatic carbocycles. The van der Waals surface area contributed by atoms with Gasteiger partial charge in [-0.3, -0.25) is 9.58 Å². The lowest BCUT2D eigenvalue weighted by molar-refractivity contribution is 0.214. The zero-order chi connectivity index (χ0) is 15.8. The Bertz CT molecular complexity index is 437. The molecule has 0 atom stereocenters. The molecule has 3 N–H and O–H groups in total. The van der Waals surface area contributed by atoms with E-state index >= 15 is 0 Å². The maximum atomic E-state index is 8.62. The third kappa shape index (κ3) is 5.38. The van der Waals surface area contributed by atoms with E-state index < -0.39 is 0 Å². The van der Waals surface area contributed by atoms with Crippen molar-refractivity contribution in [3.63, 3.8) is 0 Å². The average molecular weight is 295 g/mol. The zero-order valence-electron chi connectivity index (χ0n) is 13.7. The molecule has 0 amide bonds. The highest BCUT2D eigenvalue weighted by molar-refractivity contribution is 5.79. The van der Waals surface area contributed by atoms with Gasteiger partial charge in [-0.05, 0) is 32.8 Å². The van der Waals surface area contributed by atoms with Crippen molar-refractivity contribution in [2.24, 2.45) is 10.9 Å². The first-order valence-electron chi connectivity index (χ1n) is 7.76. The van der Waals surface area contributed by atoms with Crippen LogP contribution >= 0.6 is 0 Å². The van der Waals surface area contributed by atoms with Crippen LogP contribution in [-0.4, -0.2) is 38.3 Å². The van der Waals surface area contributed by atoms with E-state index in [0.717, 1.165) is 31.6 Å². The summed E-state index contributed by atoms with van der Waals surface area (Å²) in [4.78, 5) is 2.28. The lowest BCUT2D eigenvalue weighted by Crippen LogP contribution is -2.33. The zero-order valence-corrected chi connectivity index (χ0v) is 13.7. The second-order valence-electron chi connectivity index (χ2n) is 5.66. The average Bonchev–Trinajstić information content (AvgIpc) is 2.92. The molecule has 6 nitrogen and oxygen atoms in total. The smallest absolute Gasteiger partial charge is 0.140 e. The third-order valence-corrected chi connectivity index (χ3v) is 3.86. The van der Waals surface area contributed by atoms with Gasteiger partial charge in [0.05, 0.1) is 11.7 Å². The third-order valence-electron chi connectivity index (χ3n) is 3.86. The standard InChI is InChI=1S/C15H29N5O/c1-5-14(6-2)20-10-7-13(17-20)11-19(12(3)4)9-8-15(16)18-21/h7,10,12,14,21H,5-6,8-9,11H2,1-4H3,(H2,16,18). The monoisotopic (exact) mass is 295 g/mol. The van der Waals surface area contributed by atoms with Crippen LogP contribution in [0.25, 0.3) is 0 Å². The Morgan fingerprint density at radius 1 is 1.43 bits per heavy atom. The SMILES string of the molecule is CCC(CC)n1ccc(CN(CCC(N)=NO)C(C)C)n1. The quantitative estimate of drug-likeness (QED) is 0.317. The van der Waals surface area contributed by atoms with Crippen LogP contribution in [0.2, 0.25) is 0 Å². The molecule has 1 aromatic rings. The molecule has 0 spiro atoms. The minimum absolute atomic E-state index is 0.267. The second kappa shape index (κ2) is 8.67. The molecule has 6 heteroatoms. The van der Waals surface area contributed by atoms with Gasteiger partial charge in [0, 0.05) is 31.7 Å². The molecule has 120 valence electrons. The first kappa shape index (κ1) is 17.5. The molecule has 0 bridgehead atoms.